The summed E-state index contributed by atoms with van der Waals surface area (Å²) in [5, 5.41) is 0. The van der Waals surface area contributed by atoms with Crippen LogP contribution in [0.1, 0.15) is 62.7 Å². The normalized spacial score (nSPS) is 20.1. The van der Waals surface area contributed by atoms with Crippen LogP contribution in [0, 0.1) is 5.92 Å². The van der Waals surface area contributed by atoms with Crippen LogP contribution in [0.5, 0.6) is 0 Å². The van der Waals surface area contributed by atoms with Crippen LogP contribution in [0.3, 0.4) is 0 Å². The number of benzene rings is 1. The van der Waals surface area contributed by atoms with Crippen LogP contribution >= 0.6 is 0 Å². The van der Waals surface area contributed by atoms with Crippen LogP contribution in [0.25, 0.3) is 0 Å². The summed E-state index contributed by atoms with van der Waals surface area (Å²) >= 11 is 0. The average Bonchev–Trinajstić information content (AvgIpc) is 2.87. The van der Waals surface area contributed by atoms with Crippen LogP contribution in [0.15, 0.2) is 29.2 Å². The summed E-state index contributed by atoms with van der Waals surface area (Å²) in [7, 11) is -3.75. The number of hydrogen-bond donors (Lipinski definition) is 0. The number of hydrogen-bond acceptors (Lipinski definition) is 7. The smallest absolute Gasteiger partial charge is 0.338 e. The van der Waals surface area contributed by atoms with Crippen LogP contribution in [-0.4, -0.2) is 74.4 Å². The predicted octanol–water partition coefficient (Wildman–Crippen LogP) is 2.60. The van der Waals surface area contributed by atoms with Crippen LogP contribution < -0.4 is 0 Å². The molecule has 0 bridgehead atoms. The molecule has 1 aromatic carbocycles. The van der Waals surface area contributed by atoms with Crippen molar-refractivity contribution >= 4 is 27.9 Å². The second kappa shape index (κ2) is 11.8. The Balaban J connectivity index is 1.50. The molecule has 0 spiro atoms. The van der Waals surface area contributed by atoms with Gasteiger partial charge < -0.3 is 14.4 Å². The maximum atomic E-state index is 13.0. The van der Waals surface area contributed by atoms with E-state index in [0.717, 1.165) is 25.7 Å². The maximum Gasteiger partial charge on any atom is 0.338 e. The van der Waals surface area contributed by atoms with Gasteiger partial charge in [-0.05, 0) is 69.7 Å². The van der Waals surface area contributed by atoms with Gasteiger partial charge in [-0.15, -0.1) is 0 Å². The molecular formula is C24H34N2O7S. The number of sulfonamides is 1. The molecule has 1 amide bonds. The first-order chi connectivity index (χ1) is 16.3. The Hall–Kier alpha value is -2.46. The van der Waals surface area contributed by atoms with Crippen molar-refractivity contribution in [3.63, 3.8) is 0 Å². The number of rotatable bonds is 8. The van der Waals surface area contributed by atoms with Gasteiger partial charge in [-0.3, -0.25) is 9.59 Å². The van der Waals surface area contributed by atoms with Gasteiger partial charge >= 0.3 is 11.9 Å². The van der Waals surface area contributed by atoms with E-state index in [0.29, 0.717) is 19.4 Å². The fourth-order valence-electron chi connectivity index (χ4n) is 4.55. The van der Waals surface area contributed by atoms with Gasteiger partial charge in [0.1, 0.15) is 0 Å². The van der Waals surface area contributed by atoms with Crippen molar-refractivity contribution in [2.24, 2.45) is 5.92 Å². The topological polar surface area (TPSA) is 110 Å². The minimum atomic E-state index is -3.75. The fourth-order valence-corrected chi connectivity index (χ4v) is 6.02. The van der Waals surface area contributed by atoms with Gasteiger partial charge in [0, 0.05) is 25.7 Å². The molecule has 188 valence electrons. The Kier molecular flexibility index (Phi) is 9.07. The van der Waals surface area contributed by atoms with Gasteiger partial charge in [-0.25, -0.2) is 13.2 Å². The first-order valence-corrected chi connectivity index (χ1v) is 13.4. The third-order valence-electron chi connectivity index (χ3n) is 6.55. The van der Waals surface area contributed by atoms with E-state index in [4.69, 9.17) is 9.47 Å². The highest BCUT2D eigenvalue weighted by Gasteiger charge is 2.34. The summed E-state index contributed by atoms with van der Waals surface area (Å²) in [5.41, 5.74) is 0.284. The summed E-state index contributed by atoms with van der Waals surface area (Å²) in [6.45, 7) is 4.79. The van der Waals surface area contributed by atoms with Crippen molar-refractivity contribution in [2.45, 2.75) is 63.3 Å². The second-order valence-corrected chi connectivity index (χ2v) is 10.6. The van der Waals surface area contributed by atoms with Gasteiger partial charge in [-0.2, -0.15) is 4.31 Å². The van der Waals surface area contributed by atoms with Crippen molar-refractivity contribution in [2.75, 3.05) is 32.8 Å². The van der Waals surface area contributed by atoms with Crippen molar-refractivity contribution in [3.05, 3.63) is 29.8 Å². The Labute approximate surface area is 201 Å². The van der Waals surface area contributed by atoms with E-state index >= 15 is 0 Å². The molecule has 0 aliphatic carbocycles. The maximum absolute atomic E-state index is 13.0. The van der Waals surface area contributed by atoms with E-state index in [2.05, 4.69) is 6.92 Å². The lowest BCUT2D eigenvalue weighted by atomic mass is 9.98. The monoisotopic (exact) mass is 494 g/mol. The molecule has 0 aromatic heterocycles. The van der Waals surface area contributed by atoms with Gasteiger partial charge in [0.05, 0.1) is 23.0 Å². The highest BCUT2D eigenvalue weighted by atomic mass is 32.2. The molecule has 0 saturated carbocycles. The quantitative estimate of drug-likeness (QED) is 0.511. The molecule has 1 aromatic rings. The molecule has 1 atom stereocenters. The zero-order valence-corrected chi connectivity index (χ0v) is 20.7. The fraction of sp³-hybridized carbons (Fsp3) is 0.625. The number of nitrogens with zero attached hydrogens (tertiary/aromatic N) is 2. The molecule has 0 radical (unpaired) electrons. The third-order valence-corrected chi connectivity index (χ3v) is 8.46. The molecule has 2 heterocycles. The molecule has 2 aliphatic rings. The van der Waals surface area contributed by atoms with Gasteiger partial charge in [0.25, 0.3) is 5.91 Å². The highest BCUT2D eigenvalue weighted by Crippen LogP contribution is 2.25. The zero-order valence-electron chi connectivity index (χ0n) is 19.9. The Bertz CT molecular complexity index is 970. The van der Waals surface area contributed by atoms with Gasteiger partial charge in [-0.1, -0.05) is 6.92 Å². The zero-order chi connectivity index (χ0) is 24.7. The van der Waals surface area contributed by atoms with Crippen molar-refractivity contribution in [1.82, 2.24) is 9.21 Å². The molecule has 2 fully saturated rings. The summed E-state index contributed by atoms with van der Waals surface area (Å²) in [4.78, 5) is 38.7. The summed E-state index contributed by atoms with van der Waals surface area (Å²) in [5.74, 6) is -1.55. The summed E-state index contributed by atoms with van der Waals surface area (Å²) in [6.07, 6.45) is 4.60. The lowest BCUT2D eigenvalue weighted by Gasteiger charge is -2.35. The minimum Gasteiger partial charge on any atom is -0.462 e. The second-order valence-electron chi connectivity index (χ2n) is 8.68. The first kappa shape index (κ1) is 26.2. The van der Waals surface area contributed by atoms with Crippen molar-refractivity contribution < 1.29 is 32.3 Å². The van der Waals surface area contributed by atoms with Crippen molar-refractivity contribution in [1.29, 1.82) is 0 Å². The molecule has 10 heteroatoms. The predicted molar refractivity (Wildman–Crippen MR) is 124 cm³/mol. The van der Waals surface area contributed by atoms with Crippen LogP contribution in [0.2, 0.25) is 0 Å². The number of carbonyl (C=O) groups is 3. The SMILES string of the molecule is CCOC(=O)c1ccc(S(=O)(=O)N2CCC(C(=O)OCC(=O)N3CCCCC3CC)CC2)cc1. The number of carbonyl (C=O) groups excluding carboxylic acids is 3. The minimum absolute atomic E-state index is 0.0826. The number of esters is 2. The van der Waals surface area contributed by atoms with E-state index in [1.807, 2.05) is 4.90 Å². The van der Waals surface area contributed by atoms with E-state index in [1.165, 1.54) is 28.6 Å². The van der Waals surface area contributed by atoms with Crippen molar-refractivity contribution in [3.8, 4) is 0 Å². The number of amides is 1. The van der Waals surface area contributed by atoms with E-state index < -0.39 is 27.9 Å². The summed E-state index contributed by atoms with van der Waals surface area (Å²) in [6, 6.07) is 5.84. The van der Waals surface area contributed by atoms with E-state index in [1.54, 1.807) is 6.92 Å². The van der Waals surface area contributed by atoms with Gasteiger partial charge in [0.15, 0.2) is 6.61 Å². The molecule has 2 aliphatic heterocycles. The first-order valence-electron chi connectivity index (χ1n) is 12.0. The molecule has 34 heavy (non-hydrogen) atoms. The Morgan fingerprint density at radius 3 is 2.24 bits per heavy atom. The molecule has 3 rings (SSSR count). The lowest BCUT2D eigenvalue weighted by molar-refractivity contribution is -0.157. The third kappa shape index (κ3) is 6.15. The Morgan fingerprint density at radius 2 is 1.62 bits per heavy atom. The average molecular weight is 495 g/mol. The van der Waals surface area contributed by atoms with Crippen LogP contribution in [-0.2, 0) is 29.1 Å². The van der Waals surface area contributed by atoms with Crippen LogP contribution in [0.4, 0.5) is 0 Å². The van der Waals surface area contributed by atoms with Gasteiger partial charge in [0.2, 0.25) is 10.0 Å². The molecule has 2 saturated heterocycles. The highest BCUT2D eigenvalue weighted by molar-refractivity contribution is 7.89. The number of ether oxygens (including phenoxy) is 2. The molecule has 9 nitrogen and oxygen atoms in total. The molecule has 0 N–H and O–H groups in total. The molecule has 1 unspecified atom stereocenters. The standard InChI is InChI=1S/C24H34N2O7S/c1-3-20-7-5-6-14-26(20)22(27)17-33-24(29)19-12-15-25(16-13-19)34(30,31)21-10-8-18(9-11-21)23(28)32-4-2/h8-11,19-20H,3-7,12-17H2,1-2H3. The van der Waals surface area contributed by atoms with E-state index in [-0.39, 0.29) is 48.7 Å². The Morgan fingerprint density at radius 1 is 0.941 bits per heavy atom. The lowest BCUT2D eigenvalue weighted by Crippen LogP contribution is -2.46. The summed E-state index contributed by atoms with van der Waals surface area (Å²) < 4.78 is 37.5. The number of piperidine rings is 2. The largest absolute Gasteiger partial charge is 0.462 e. The number of likely N-dealkylation sites (tertiary alicyclic amines) is 1. The van der Waals surface area contributed by atoms with E-state index in [9.17, 15) is 22.8 Å². The molecular weight excluding hydrogens is 460 g/mol.